The van der Waals surface area contributed by atoms with Crippen molar-refractivity contribution in [3.05, 3.63) is 95.1 Å². The zero-order valence-electron chi connectivity index (χ0n) is 20.6. The molecule has 1 saturated heterocycles. The predicted octanol–water partition coefficient (Wildman–Crippen LogP) is 3.99. The van der Waals surface area contributed by atoms with Gasteiger partial charge in [-0.2, -0.15) is 5.10 Å². The first-order valence-corrected chi connectivity index (χ1v) is 12.6. The van der Waals surface area contributed by atoms with Gasteiger partial charge in [0.2, 0.25) is 0 Å². The molecule has 1 saturated carbocycles. The first-order chi connectivity index (χ1) is 18.0. The largest absolute Gasteiger partial charge is 0.478 e. The van der Waals surface area contributed by atoms with E-state index in [0.29, 0.717) is 17.8 Å². The number of nitrogens with zero attached hydrogens (tertiary/aromatic N) is 6. The fourth-order valence-corrected chi connectivity index (χ4v) is 5.55. The second-order valence-corrected chi connectivity index (χ2v) is 9.98. The van der Waals surface area contributed by atoms with Crippen LogP contribution in [0.1, 0.15) is 74.7 Å². The molecule has 188 valence electrons. The molecule has 6 rings (SSSR count). The number of aryl methyl sites for hydroxylation is 1. The van der Waals surface area contributed by atoms with E-state index in [0.717, 1.165) is 42.8 Å². The number of likely N-dealkylation sites (tertiary alicyclic amines) is 1. The normalized spacial score (nSPS) is 21.1. The summed E-state index contributed by atoms with van der Waals surface area (Å²) in [6, 6.07) is 17.5. The Morgan fingerprint density at radius 1 is 1.05 bits per heavy atom. The number of carboxylic acid groups (broad SMARTS) is 1. The Morgan fingerprint density at radius 2 is 1.89 bits per heavy atom. The van der Waals surface area contributed by atoms with Crippen molar-refractivity contribution in [1.29, 1.82) is 0 Å². The first-order valence-electron chi connectivity index (χ1n) is 12.6. The van der Waals surface area contributed by atoms with E-state index in [1.165, 1.54) is 6.20 Å². The van der Waals surface area contributed by atoms with Gasteiger partial charge < -0.3 is 10.0 Å². The van der Waals surface area contributed by atoms with Gasteiger partial charge in [-0.25, -0.2) is 9.48 Å². The summed E-state index contributed by atoms with van der Waals surface area (Å²) in [5.41, 5.74) is 4.46. The maximum atomic E-state index is 13.1. The molecule has 4 aromatic rings. The Balaban J connectivity index is 1.28. The number of benzene rings is 2. The minimum Gasteiger partial charge on any atom is -0.478 e. The van der Waals surface area contributed by atoms with Crippen molar-refractivity contribution in [2.75, 3.05) is 13.1 Å². The summed E-state index contributed by atoms with van der Waals surface area (Å²) in [6.45, 7) is 1.40. The first kappa shape index (κ1) is 23.1. The third kappa shape index (κ3) is 4.41. The summed E-state index contributed by atoms with van der Waals surface area (Å²) in [5.74, 6) is -0.577. The van der Waals surface area contributed by atoms with Crippen LogP contribution in [0.2, 0.25) is 0 Å². The van der Waals surface area contributed by atoms with Crippen LogP contribution in [0.4, 0.5) is 0 Å². The molecule has 1 unspecified atom stereocenters. The maximum absolute atomic E-state index is 13.1. The molecular formula is C28H28N6O3. The van der Waals surface area contributed by atoms with Crippen LogP contribution < -0.4 is 0 Å². The van der Waals surface area contributed by atoms with Gasteiger partial charge in [-0.05, 0) is 49.1 Å². The molecule has 2 fully saturated rings. The van der Waals surface area contributed by atoms with Gasteiger partial charge in [0.1, 0.15) is 5.56 Å². The summed E-state index contributed by atoms with van der Waals surface area (Å²) in [5, 5.41) is 22.6. The van der Waals surface area contributed by atoms with Crippen LogP contribution in [-0.4, -0.2) is 59.7 Å². The van der Waals surface area contributed by atoms with Crippen LogP contribution >= 0.6 is 0 Å². The van der Waals surface area contributed by atoms with Crippen molar-refractivity contribution in [3.8, 4) is 5.69 Å². The molecule has 1 aliphatic carbocycles. The number of amides is 1. The average molecular weight is 497 g/mol. The Morgan fingerprint density at radius 3 is 2.65 bits per heavy atom. The van der Waals surface area contributed by atoms with Crippen molar-refractivity contribution >= 4 is 11.9 Å². The average Bonchev–Trinajstić information content (AvgIpc) is 3.37. The highest BCUT2D eigenvalue weighted by Gasteiger charge is 2.46. The molecule has 37 heavy (non-hydrogen) atoms. The Kier molecular flexibility index (Phi) is 5.82. The topological polar surface area (TPSA) is 106 Å². The summed E-state index contributed by atoms with van der Waals surface area (Å²) in [4.78, 5) is 27.0. The molecule has 0 radical (unpaired) electrons. The summed E-state index contributed by atoms with van der Waals surface area (Å²) >= 11 is 0. The molecule has 0 spiro atoms. The molecule has 1 amide bonds. The Labute approximate surface area is 214 Å². The number of piperidine rings is 1. The summed E-state index contributed by atoms with van der Waals surface area (Å²) < 4.78 is 3.43. The second kappa shape index (κ2) is 9.31. The van der Waals surface area contributed by atoms with Crippen LogP contribution in [0.5, 0.6) is 0 Å². The molecule has 1 N–H and O–H groups in total. The van der Waals surface area contributed by atoms with Crippen LogP contribution in [0.15, 0.2) is 67.0 Å². The van der Waals surface area contributed by atoms with E-state index in [2.05, 4.69) is 27.5 Å². The van der Waals surface area contributed by atoms with E-state index >= 15 is 0 Å². The number of aromatic carboxylic acids is 1. The highest BCUT2D eigenvalue weighted by molar-refractivity contribution is 5.94. The zero-order valence-corrected chi connectivity index (χ0v) is 20.6. The number of hydrogen-bond acceptors (Lipinski definition) is 5. The van der Waals surface area contributed by atoms with Crippen molar-refractivity contribution in [3.63, 3.8) is 0 Å². The lowest BCUT2D eigenvalue weighted by atomic mass is 9.90. The number of hydrogen-bond donors (Lipinski definition) is 1. The van der Waals surface area contributed by atoms with Crippen molar-refractivity contribution in [2.45, 2.75) is 37.0 Å². The fourth-order valence-electron chi connectivity index (χ4n) is 5.55. The highest BCUT2D eigenvalue weighted by atomic mass is 16.4. The molecule has 1 aliphatic heterocycles. The molecule has 3 heterocycles. The van der Waals surface area contributed by atoms with E-state index in [4.69, 9.17) is 0 Å². The van der Waals surface area contributed by atoms with Gasteiger partial charge in [-0.1, -0.05) is 35.5 Å². The van der Waals surface area contributed by atoms with Gasteiger partial charge in [-0.3, -0.25) is 9.48 Å². The predicted molar refractivity (Wildman–Crippen MR) is 136 cm³/mol. The zero-order chi connectivity index (χ0) is 25.5. The van der Waals surface area contributed by atoms with Crippen LogP contribution in [-0.2, 0) is 7.05 Å². The number of carboxylic acids is 1. The quantitative estimate of drug-likeness (QED) is 0.433. The van der Waals surface area contributed by atoms with E-state index in [-0.39, 0.29) is 29.2 Å². The molecule has 9 nitrogen and oxygen atoms in total. The monoisotopic (exact) mass is 496 g/mol. The van der Waals surface area contributed by atoms with E-state index in [1.54, 1.807) is 9.36 Å². The van der Waals surface area contributed by atoms with Crippen LogP contribution in [0.25, 0.3) is 5.69 Å². The van der Waals surface area contributed by atoms with Crippen molar-refractivity contribution in [1.82, 2.24) is 29.7 Å². The van der Waals surface area contributed by atoms with Gasteiger partial charge in [0.15, 0.2) is 0 Å². The number of carbonyl (C=O) groups excluding carboxylic acids is 1. The van der Waals surface area contributed by atoms with Crippen molar-refractivity contribution < 1.29 is 14.7 Å². The lowest BCUT2D eigenvalue weighted by Gasteiger charge is -2.33. The Bertz CT molecular complexity index is 1460. The van der Waals surface area contributed by atoms with Gasteiger partial charge in [0.25, 0.3) is 5.91 Å². The smallest absolute Gasteiger partial charge is 0.339 e. The number of aromatic nitrogens is 5. The lowest BCUT2D eigenvalue weighted by Crippen LogP contribution is -2.39. The summed E-state index contributed by atoms with van der Waals surface area (Å²) in [7, 11) is 1.83. The number of carbonyl (C=O) groups is 2. The van der Waals surface area contributed by atoms with Crippen LogP contribution in [0, 0.1) is 0 Å². The lowest BCUT2D eigenvalue weighted by molar-refractivity contribution is 0.0691. The molecule has 0 bridgehead atoms. The number of rotatable bonds is 6. The minimum absolute atomic E-state index is 0.0163. The third-order valence-electron chi connectivity index (χ3n) is 7.49. The fraction of sp³-hybridized carbons (Fsp3) is 0.321. The molecule has 2 aromatic heterocycles. The summed E-state index contributed by atoms with van der Waals surface area (Å²) in [6.07, 6.45) is 6.07. The van der Waals surface area contributed by atoms with Gasteiger partial charge in [0, 0.05) is 49.7 Å². The molecule has 3 atom stereocenters. The van der Waals surface area contributed by atoms with E-state index in [1.807, 2.05) is 60.6 Å². The highest BCUT2D eigenvalue weighted by Crippen LogP contribution is 2.55. The molecule has 2 aromatic carbocycles. The Hall–Kier alpha value is -4.27. The molecule has 9 heteroatoms. The SMILES string of the molecule is Cn1cc([C@@H]2C[C@H]2c2c(C(=O)O)cnn2-c2cccc(C3CCCN(C(=O)c4ccccc4)C3)c2)nn1. The van der Waals surface area contributed by atoms with Gasteiger partial charge in [-0.15, -0.1) is 5.10 Å². The third-order valence-corrected chi connectivity index (χ3v) is 7.49. The van der Waals surface area contributed by atoms with E-state index in [9.17, 15) is 14.7 Å². The minimum atomic E-state index is -0.982. The second-order valence-electron chi connectivity index (χ2n) is 9.98. The van der Waals surface area contributed by atoms with Gasteiger partial charge in [0.05, 0.1) is 23.3 Å². The standard InChI is InChI=1S/C28H28N6O3/c1-32-17-25(30-31-32)22-14-23(22)26-24(28(36)37)15-29-34(26)21-11-5-9-19(13-21)20-10-6-12-33(16-20)27(35)18-7-3-2-4-8-18/h2-5,7-9,11,13,15,17,20,22-23H,6,10,12,14,16H2,1H3,(H,36,37)/t20?,22-,23-/m1/s1. The molecule has 2 aliphatic rings. The van der Waals surface area contributed by atoms with E-state index < -0.39 is 5.97 Å². The van der Waals surface area contributed by atoms with Crippen LogP contribution in [0.3, 0.4) is 0 Å². The van der Waals surface area contributed by atoms with Gasteiger partial charge >= 0.3 is 5.97 Å². The maximum Gasteiger partial charge on any atom is 0.339 e. The molecular weight excluding hydrogens is 468 g/mol. The van der Waals surface area contributed by atoms with Crippen molar-refractivity contribution in [2.24, 2.45) is 7.05 Å².